The predicted molar refractivity (Wildman–Crippen MR) is 41.7 cm³/mol. The van der Waals surface area contributed by atoms with Crippen molar-refractivity contribution in [3.63, 3.8) is 0 Å². The summed E-state index contributed by atoms with van der Waals surface area (Å²) in [6, 6.07) is 1.37. The lowest BCUT2D eigenvalue weighted by atomic mass is 10.4. The third kappa shape index (κ3) is 0.894. The molecule has 0 saturated carbocycles. The summed E-state index contributed by atoms with van der Waals surface area (Å²) in [7, 11) is 0. The van der Waals surface area contributed by atoms with E-state index in [4.69, 9.17) is 5.73 Å². The van der Waals surface area contributed by atoms with Crippen LogP contribution < -0.4 is 5.73 Å². The minimum Gasteiger partial charge on any atom is -0.350 e. The van der Waals surface area contributed by atoms with Gasteiger partial charge in [0, 0.05) is 18.0 Å². The van der Waals surface area contributed by atoms with Gasteiger partial charge in [-0.15, -0.1) is 0 Å². The van der Waals surface area contributed by atoms with Crippen LogP contribution in [0.25, 0.3) is 10.6 Å². The fraction of sp³-hybridized carbons (Fsp3) is 0. The molecule has 0 saturated heterocycles. The van der Waals surface area contributed by atoms with Gasteiger partial charge in [0.1, 0.15) is 5.01 Å². The minimum absolute atomic E-state index is 0.465. The number of rotatable bonds is 0. The molecule has 11 heavy (non-hydrogen) atoms. The Morgan fingerprint density at radius 3 is 3.18 bits per heavy atom. The molecule has 5 heteroatoms. The number of primary amides is 1. The molecule has 56 valence electrons. The largest absolute Gasteiger partial charge is 0.350 e. The number of nitrogens with two attached hydrogens (primary N) is 1. The van der Waals surface area contributed by atoms with Gasteiger partial charge in [-0.05, 0) is 17.6 Å². The van der Waals surface area contributed by atoms with E-state index in [0.29, 0.717) is 0 Å². The van der Waals surface area contributed by atoms with E-state index >= 15 is 0 Å². The summed E-state index contributed by atoms with van der Waals surface area (Å²) < 4.78 is 1.36. The number of amides is 1. The zero-order valence-electron chi connectivity index (χ0n) is 5.52. The lowest BCUT2D eigenvalue weighted by Gasteiger charge is -1.87. The van der Waals surface area contributed by atoms with Gasteiger partial charge in [-0.3, -0.25) is 0 Å². The van der Waals surface area contributed by atoms with Gasteiger partial charge < -0.3 is 5.73 Å². The van der Waals surface area contributed by atoms with E-state index in [-0.39, 0.29) is 0 Å². The number of hydrogen-bond donors (Lipinski definition) is 1. The second-order valence-corrected chi connectivity index (χ2v) is 3.05. The molecule has 0 aromatic rings. The summed E-state index contributed by atoms with van der Waals surface area (Å²) in [6.45, 7) is 0. The third-order valence-electron chi connectivity index (χ3n) is 1.35. The molecule has 2 rings (SSSR count). The Balaban J connectivity index is 2.59. The van der Waals surface area contributed by atoms with Crippen molar-refractivity contribution in [2.24, 2.45) is 5.73 Å². The molecule has 1 amide bonds. The Labute approximate surface area is 66.8 Å². The van der Waals surface area contributed by atoms with Crippen LogP contribution in [0.15, 0.2) is 18.5 Å². The van der Waals surface area contributed by atoms with Crippen molar-refractivity contribution in [2.75, 3.05) is 0 Å². The Morgan fingerprint density at radius 1 is 1.73 bits per heavy atom. The van der Waals surface area contributed by atoms with Crippen molar-refractivity contribution in [1.82, 2.24) is 8.94 Å². The van der Waals surface area contributed by atoms with Crippen molar-refractivity contribution < 1.29 is 4.79 Å². The van der Waals surface area contributed by atoms with Gasteiger partial charge in [0.2, 0.25) is 0 Å². The Morgan fingerprint density at radius 2 is 2.55 bits per heavy atom. The van der Waals surface area contributed by atoms with Gasteiger partial charge in [0.05, 0.1) is 0 Å². The highest BCUT2D eigenvalue weighted by Gasteiger charge is 2.10. The monoisotopic (exact) mass is 167 g/mol. The number of fused-ring (bicyclic) bond motifs is 1. The Hall–Kier alpha value is -1.36. The Bertz CT molecular complexity index is 338. The molecule has 2 aliphatic rings. The maximum Gasteiger partial charge on any atom is 0.332 e. The van der Waals surface area contributed by atoms with E-state index in [1.165, 1.54) is 15.5 Å². The fourth-order valence-corrected chi connectivity index (χ4v) is 1.64. The zero-order valence-corrected chi connectivity index (χ0v) is 6.34. The average Bonchev–Trinajstić information content (AvgIpc) is 2.40. The summed E-state index contributed by atoms with van der Waals surface area (Å²) in [5.74, 6) is 0. The van der Waals surface area contributed by atoms with Crippen LogP contribution in [0.1, 0.15) is 0 Å². The van der Waals surface area contributed by atoms with E-state index in [1.807, 2.05) is 6.07 Å². The van der Waals surface area contributed by atoms with Crippen LogP contribution in [-0.4, -0.2) is 15.0 Å². The third-order valence-corrected chi connectivity index (χ3v) is 2.35. The van der Waals surface area contributed by atoms with E-state index in [0.717, 1.165) is 10.6 Å². The van der Waals surface area contributed by atoms with Crippen molar-refractivity contribution in [2.45, 2.75) is 0 Å². The molecule has 0 aromatic heterocycles. The van der Waals surface area contributed by atoms with E-state index in [9.17, 15) is 4.79 Å². The highest BCUT2D eigenvalue weighted by molar-refractivity contribution is 7.11. The first-order chi connectivity index (χ1) is 5.27. The lowest BCUT2D eigenvalue weighted by Crippen LogP contribution is -2.15. The summed E-state index contributed by atoms with van der Waals surface area (Å²) in [5, 5.41) is 0.837. The first-order valence-electron chi connectivity index (χ1n) is 3.00. The van der Waals surface area contributed by atoms with Crippen LogP contribution in [0.2, 0.25) is 0 Å². The molecule has 0 radical (unpaired) electrons. The maximum atomic E-state index is 10.6. The number of hydrogen-bond acceptors (Lipinski definition) is 3. The van der Waals surface area contributed by atoms with Gasteiger partial charge in [0.25, 0.3) is 0 Å². The smallest absolute Gasteiger partial charge is 0.332 e. The standard InChI is InChI=1S/C6H5N3OS/c7-6(10)9-3-4-1-2-8-5(4)11-9/h1-3H,(H2,7,10). The number of aromatic nitrogens is 2. The molecule has 0 aliphatic carbocycles. The van der Waals surface area contributed by atoms with Gasteiger partial charge in [-0.2, -0.15) is 0 Å². The van der Waals surface area contributed by atoms with Crippen molar-refractivity contribution >= 4 is 17.6 Å². The van der Waals surface area contributed by atoms with E-state index in [2.05, 4.69) is 4.98 Å². The maximum absolute atomic E-state index is 10.6. The van der Waals surface area contributed by atoms with Gasteiger partial charge in [0.15, 0.2) is 0 Å². The quantitative estimate of drug-likeness (QED) is 0.635. The second-order valence-electron chi connectivity index (χ2n) is 2.09. The van der Waals surface area contributed by atoms with Crippen LogP contribution in [-0.2, 0) is 0 Å². The van der Waals surface area contributed by atoms with Crippen LogP contribution >= 0.6 is 11.5 Å². The van der Waals surface area contributed by atoms with Crippen molar-refractivity contribution in [3.05, 3.63) is 18.5 Å². The molecule has 2 N–H and O–H groups in total. The molecule has 4 nitrogen and oxygen atoms in total. The number of carbonyl (C=O) groups excluding carboxylic acids is 1. The van der Waals surface area contributed by atoms with Gasteiger partial charge in [-0.1, -0.05) is 0 Å². The SMILES string of the molecule is NC(=O)n1cc2ccnc-2s1. The van der Waals surface area contributed by atoms with E-state index in [1.54, 1.807) is 12.4 Å². The lowest BCUT2D eigenvalue weighted by molar-refractivity contribution is 0.252. The zero-order chi connectivity index (χ0) is 7.84. The van der Waals surface area contributed by atoms with Crippen LogP contribution in [0.5, 0.6) is 0 Å². The summed E-state index contributed by atoms with van der Waals surface area (Å²) in [6.07, 6.45) is 3.38. The highest BCUT2D eigenvalue weighted by Crippen LogP contribution is 2.25. The topological polar surface area (TPSA) is 60.9 Å². The highest BCUT2D eigenvalue weighted by atomic mass is 32.1. The molecule has 0 aromatic carbocycles. The fourth-order valence-electron chi connectivity index (χ4n) is 0.860. The molecule has 0 unspecified atom stereocenters. The van der Waals surface area contributed by atoms with Crippen LogP contribution in [0.4, 0.5) is 4.79 Å². The normalized spacial score (nSPS) is 10.5. The molecular weight excluding hydrogens is 162 g/mol. The molecule has 2 aliphatic heterocycles. The Kier molecular flexibility index (Phi) is 1.19. The second kappa shape index (κ2) is 2.06. The molecular formula is C6H5N3OS. The van der Waals surface area contributed by atoms with Crippen LogP contribution in [0, 0.1) is 0 Å². The van der Waals surface area contributed by atoms with Gasteiger partial charge in [-0.25, -0.2) is 13.7 Å². The molecule has 0 bridgehead atoms. The number of carbonyl (C=O) groups is 1. The summed E-state index contributed by atoms with van der Waals surface area (Å²) in [5.41, 5.74) is 6.00. The van der Waals surface area contributed by atoms with Crippen molar-refractivity contribution in [1.29, 1.82) is 0 Å². The first-order valence-corrected chi connectivity index (χ1v) is 3.78. The average molecular weight is 167 g/mol. The molecule has 0 fully saturated rings. The predicted octanol–water partition coefficient (Wildman–Crippen LogP) is 0.976. The molecule has 2 heterocycles. The van der Waals surface area contributed by atoms with E-state index < -0.39 is 6.03 Å². The molecule has 0 atom stereocenters. The van der Waals surface area contributed by atoms with Crippen LogP contribution in [0.3, 0.4) is 0 Å². The number of nitrogens with zero attached hydrogens (tertiary/aromatic N) is 2. The summed E-state index contributed by atoms with van der Waals surface area (Å²) in [4.78, 5) is 14.6. The first kappa shape index (κ1) is 6.36. The van der Waals surface area contributed by atoms with Crippen molar-refractivity contribution in [3.8, 4) is 10.6 Å². The minimum atomic E-state index is -0.465. The van der Waals surface area contributed by atoms with Gasteiger partial charge >= 0.3 is 6.03 Å². The molecule has 0 spiro atoms. The summed E-state index contributed by atoms with van der Waals surface area (Å²) >= 11 is 1.24.